The molecule has 5 heteroatoms. The number of ether oxygens (including phenoxy) is 1. The maximum Gasteiger partial charge on any atom is 0.336 e. The largest absolute Gasteiger partial charge is 0.478 e. The molecule has 4 rings (SSSR count). The number of carboxylic acid groups (broad SMARTS) is 1. The smallest absolute Gasteiger partial charge is 0.336 e. The SMILES string of the molecule is CC1C/C(=C\c2ccccc2OCC#N)c2nc3ccccc3c(C(=O)O)c2C1. The number of aromatic nitrogens is 1. The fourth-order valence-corrected chi connectivity index (χ4v) is 4.01. The van der Waals surface area contributed by atoms with Gasteiger partial charge in [-0.25, -0.2) is 9.78 Å². The molecule has 0 spiro atoms. The summed E-state index contributed by atoms with van der Waals surface area (Å²) in [6.07, 6.45) is 3.48. The highest BCUT2D eigenvalue weighted by atomic mass is 16.5. The van der Waals surface area contributed by atoms with E-state index in [4.69, 9.17) is 15.0 Å². The van der Waals surface area contributed by atoms with Crippen LogP contribution in [0.25, 0.3) is 22.6 Å². The summed E-state index contributed by atoms with van der Waals surface area (Å²) in [5.41, 5.74) is 4.39. The van der Waals surface area contributed by atoms with E-state index in [-0.39, 0.29) is 6.61 Å². The van der Waals surface area contributed by atoms with Gasteiger partial charge in [-0.05, 0) is 48.1 Å². The second-order valence-electron chi connectivity index (χ2n) is 7.30. The van der Waals surface area contributed by atoms with Crippen LogP contribution in [0.3, 0.4) is 0 Å². The van der Waals surface area contributed by atoms with Crippen LogP contribution in [0.5, 0.6) is 5.75 Å². The highest BCUT2D eigenvalue weighted by Crippen LogP contribution is 2.39. The number of carbonyl (C=O) groups is 1. The number of aromatic carboxylic acids is 1. The van der Waals surface area contributed by atoms with Gasteiger partial charge < -0.3 is 9.84 Å². The predicted molar refractivity (Wildman–Crippen MR) is 112 cm³/mol. The van der Waals surface area contributed by atoms with E-state index in [1.54, 1.807) is 0 Å². The van der Waals surface area contributed by atoms with Gasteiger partial charge in [0, 0.05) is 10.9 Å². The Hall–Kier alpha value is -3.65. The summed E-state index contributed by atoms with van der Waals surface area (Å²) in [6, 6.07) is 16.9. The molecule has 0 radical (unpaired) electrons. The monoisotopic (exact) mass is 384 g/mol. The first-order chi connectivity index (χ1) is 14.1. The topological polar surface area (TPSA) is 83.2 Å². The van der Waals surface area contributed by atoms with Crippen LogP contribution in [-0.2, 0) is 6.42 Å². The van der Waals surface area contributed by atoms with Crippen LogP contribution in [-0.4, -0.2) is 22.7 Å². The van der Waals surface area contributed by atoms with E-state index in [1.807, 2.05) is 60.7 Å². The molecule has 144 valence electrons. The summed E-state index contributed by atoms with van der Waals surface area (Å²) in [5.74, 6) is -0.00590. The highest BCUT2D eigenvalue weighted by molar-refractivity contribution is 6.06. The van der Waals surface area contributed by atoms with Gasteiger partial charge in [0.2, 0.25) is 0 Å². The molecule has 0 saturated heterocycles. The quantitative estimate of drug-likeness (QED) is 0.687. The number of allylic oxidation sites excluding steroid dienone is 1. The van der Waals surface area contributed by atoms with E-state index in [0.717, 1.165) is 28.8 Å². The van der Waals surface area contributed by atoms with E-state index in [0.29, 0.717) is 34.6 Å². The summed E-state index contributed by atoms with van der Waals surface area (Å²) in [7, 11) is 0. The summed E-state index contributed by atoms with van der Waals surface area (Å²) in [5, 5.41) is 19.4. The van der Waals surface area contributed by atoms with Gasteiger partial charge in [0.25, 0.3) is 0 Å². The van der Waals surface area contributed by atoms with Crippen molar-refractivity contribution in [3.63, 3.8) is 0 Å². The Morgan fingerprint density at radius 2 is 2.00 bits per heavy atom. The lowest BCUT2D eigenvalue weighted by Crippen LogP contribution is -2.17. The molecule has 5 nitrogen and oxygen atoms in total. The average molecular weight is 384 g/mol. The molecule has 0 aliphatic heterocycles. The van der Waals surface area contributed by atoms with Gasteiger partial charge in [-0.15, -0.1) is 0 Å². The number of benzene rings is 2. The minimum atomic E-state index is -0.925. The Kier molecular flexibility index (Phi) is 5.01. The van der Waals surface area contributed by atoms with Crippen LogP contribution in [0.1, 0.15) is 40.5 Å². The molecule has 1 aliphatic rings. The molecule has 0 amide bonds. The van der Waals surface area contributed by atoms with Crippen molar-refractivity contribution in [3.05, 3.63) is 70.9 Å². The van der Waals surface area contributed by atoms with Crippen LogP contribution in [0.4, 0.5) is 0 Å². The number of para-hydroxylation sites is 2. The molecule has 0 bridgehead atoms. The van der Waals surface area contributed by atoms with Gasteiger partial charge in [-0.1, -0.05) is 43.3 Å². The number of hydrogen-bond donors (Lipinski definition) is 1. The first-order valence-electron chi connectivity index (χ1n) is 9.53. The van der Waals surface area contributed by atoms with E-state index in [1.165, 1.54) is 0 Å². The van der Waals surface area contributed by atoms with Gasteiger partial charge in [-0.3, -0.25) is 0 Å². The standard InChI is InChI=1S/C24H20N2O3/c1-15-12-17(14-16-6-2-5-9-21(16)29-11-10-25)23-19(13-15)22(24(27)28)18-7-3-4-8-20(18)26-23/h2-9,14-15H,11-13H2,1H3,(H,27,28)/b17-14+. The third kappa shape index (κ3) is 3.57. The number of fused-ring (bicyclic) bond motifs is 2. The predicted octanol–water partition coefficient (Wildman–Crippen LogP) is 4.96. The Morgan fingerprint density at radius 1 is 1.24 bits per heavy atom. The minimum absolute atomic E-state index is 0.0285. The molecular weight excluding hydrogens is 364 g/mol. The Bertz CT molecular complexity index is 1170. The van der Waals surface area contributed by atoms with E-state index >= 15 is 0 Å². The maximum absolute atomic E-state index is 12.1. The Labute approximate surface area is 168 Å². The van der Waals surface area contributed by atoms with Crippen molar-refractivity contribution in [3.8, 4) is 11.8 Å². The number of carboxylic acids is 1. The van der Waals surface area contributed by atoms with Crippen molar-refractivity contribution >= 4 is 28.5 Å². The van der Waals surface area contributed by atoms with Crippen molar-refractivity contribution in [2.45, 2.75) is 19.8 Å². The van der Waals surface area contributed by atoms with Gasteiger partial charge in [-0.2, -0.15) is 5.26 Å². The van der Waals surface area contributed by atoms with Gasteiger partial charge >= 0.3 is 5.97 Å². The molecule has 2 aromatic carbocycles. The van der Waals surface area contributed by atoms with E-state index in [2.05, 4.69) is 6.92 Å². The number of nitriles is 1. The average Bonchev–Trinajstić information content (AvgIpc) is 2.71. The lowest BCUT2D eigenvalue weighted by atomic mass is 9.80. The third-order valence-electron chi connectivity index (χ3n) is 5.17. The van der Waals surface area contributed by atoms with E-state index < -0.39 is 5.97 Å². The molecule has 29 heavy (non-hydrogen) atoms. The molecule has 0 saturated carbocycles. The second-order valence-corrected chi connectivity index (χ2v) is 7.30. The first kappa shape index (κ1) is 18.7. The number of rotatable bonds is 4. The van der Waals surface area contributed by atoms with Crippen molar-refractivity contribution < 1.29 is 14.6 Å². The fraction of sp³-hybridized carbons (Fsp3) is 0.208. The molecule has 3 aromatic rings. The highest BCUT2D eigenvalue weighted by Gasteiger charge is 2.28. The Morgan fingerprint density at radius 3 is 2.79 bits per heavy atom. The zero-order chi connectivity index (χ0) is 20.4. The fourth-order valence-electron chi connectivity index (χ4n) is 4.01. The number of pyridine rings is 1. The van der Waals surface area contributed by atoms with Crippen LogP contribution in [0, 0.1) is 17.2 Å². The van der Waals surface area contributed by atoms with Gasteiger partial charge in [0.05, 0.1) is 16.8 Å². The van der Waals surface area contributed by atoms with Gasteiger partial charge in [0.15, 0.2) is 6.61 Å². The molecular formula is C24H20N2O3. The zero-order valence-corrected chi connectivity index (χ0v) is 16.1. The summed E-state index contributed by atoms with van der Waals surface area (Å²) < 4.78 is 5.55. The first-order valence-corrected chi connectivity index (χ1v) is 9.53. The lowest BCUT2D eigenvalue weighted by molar-refractivity contribution is 0.0697. The maximum atomic E-state index is 12.1. The van der Waals surface area contributed by atoms with Crippen molar-refractivity contribution in [1.29, 1.82) is 5.26 Å². The zero-order valence-electron chi connectivity index (χ0n) is 16.1. The number of nitrogens with zero attached hydrogens (tertiary/aromatic N) is 2. The molecule has 1 heterocycles. The number of hydrogen-bond acceptors (Lipinski definition) is 4. The van der Waals surface area contributed by atoms with Crippen LogP contribution >= 0.6 is 0 Å². The van der Waals surface area contributed by atoms with Crippen molar-refractivity contribution in [2.24, 2.45) is 5.92 Å². The summed E-state index contributed by atoms with van der Waals surface area (Å²) in [6.45, 7) is 2.09. The van der Waals surface area contributed by atoms with E-state index in [9.17, 15) is 9.90 Å². The third-order valence-corrected chi connectivity index (χ3v) is 5.17. The summed E-state index contributed by atoms with van der Waals surface area (Å²) >= 11 is 0. The lowest BCUT2D eigenvalue weighted by Gasteiger charge is -2.26. The normalized spacial score (nSPS) is 17.0. The van der Waals surface area contributed by atoms with Crippen LogP contribution in [0.2, 0.25) is 0 Å². The molecule has 1 aliphatic carbocycles. The second kappa shape index (κ2) is 7.76. The van der Waals surface area contributed by atoms with Crippen LogP contribution in [0.15, 0.2) is 48.5 Å². The van der Waals surface area contributed by atoms with Gasteiger partial charge in [0.1, 0.15) is 11.8 Å². The molecule has 1 aromatic heterocycles. The molecule has 1 atom stereocenters. The van der Waals surface area contributed by atoms with Crippen LogP contribution < -0.4 is 4.74 Å². The van der Waals surface area contributed by atoms with Crippen molar-refractivity contribution in [1.82, 2.24) is 4.98 Å². The molecule has 1 unspecified atom stereocenters. The molecule has 1 N–H and O–H groups in total. The summed E-state index contributed by atoms with van der Waals surface area (Å²) in [4.78, 5) is 17.0. The molecule has 0 fully saturated rings. The minimum Gasteiger partial charge on any atom is -0.478 e. The Balaban J connectivity index is 1.93. The van der Waals surface area contributed by atoms with Crippen molar-refractivity contribution in [2.75, 3.05) is 6.61 Å².